The smallest absolute Gasteiger partial charge is 0.442 e. The lowest BCUT2D eigenvalue weighted by atomic mass is 9.68. The molecule has 1 amide bonds. The minimum atomic E-state index is -0.554. The Hall–Kier alpha value is -0.875. The van der Waals surface area contributed by atoms with E-state index in [1.807, 2.05) is 48.5 Å². The van der Waals surface area contributed by atoms with Crippen LogP contribution in [0.1, 0.15) is 74.7 Å². The molecule has 1 unspecified atom stereocenters. The molecular weight excluding hydrogens is 293 g/mol. The maximum absolute atomic E-state index is 11.6. The van der Waals surface area contributed by atoms with Gasteiger partial charge in [0.05, 0.1) is 11.2 Å². The van der Waals surface area contributed by atoms with Crippen LogP contribution < -0.4 is 0 Å². The van der Waals surface area contributed by atoms with Gasteiger partial charge in [0, 0.05) is 6.21 Å². The summed E-state index contributed by atoms with van der Waals surface area (Å²) < 4.78 is 17.4. The second kappa shape index (κ2) is 7.35. The number of carbonyl (C=O) groups is 1. The minimum Gasteiger partial charge on any atom is -0.442 e. The van der Waals surface area contributed by atoms with Gasteiger partial charge < -0.3 is 14.0 Å². The first-order valence-electron chi connectivity index (χ1n) is 8.49. The van der Waals surface area contributed by atoms with E-state index in [2.05, 4.69) is 11.9 Å². The number of hydrogen-bond acceptors (Lipinski definition) is 4. The summed E-state index contributed by atoms with van der Waals surface area (Å²) in [6.45, 7) is 15.8. The SMILES string of the molecule is CCCC(CC=NC(=O)OC(C)(C)C)B1OC(C)(C)C(C)(C)O1. The largest absolute Gasteiger partial charge is 0.461 e. The van der Waals surface area contributed by atoms with Crippen LogP contribution in [0, 0.1) is 0 Å². The second-order valence-corrected chi connectivity index (χ2v) is 8.20. The topological polar surface area (TPSA) is 57.1 Å². The highest BCUT2D eigenvalue weighted by atomic mass is 16.7. The van der Waals surface area contributed by atoms with Gasteiger partial charge in [-0.2, -0.15) is 4.99 Å². The average Bonchev–Trinajstić information content (AvgIpc) is 2.55. The van der Waals surface area contributed by atoms with Crippen LogP contribution in [-0.2, 0) is 14.0 Å². The van der Waals surface area contributed by atoms with Gasteiger partial charge >= 0.3 is 13.2 Å². The minimum absolute atomic E-state index is 0.173. The van der Waals surface area contributed by atoms with Crippen molar-refractivity contribution in [2.45, 2.75) is 97.3 Å². The Balaban J connectivity index is 2.65. The molecule has 5 nitrogen and oxygen atoms in total. The van der Waals surface area contributed by atoms with Gasteiger partial charge in [-0.25, -0.2) is 4.79 Å². The van der Waals surface area contributed by atoms with E-state index < -0.39 is 11.7 Å². The normalized spacial score (nSPS) is 21.7. The Kier molecular flexibility index (Phi) is 6.44. The molecule has 0 radical (unpaired) electrons. The molecule has 1 aliphatic heterocycles. The highest BCUT2D eigenvalue weighted by Crippen LogP contribution is 2.41. The van der Waals surface area contributed by atoms with E-state index in [-0.39, 0.29) is 24.1 Å². The first-order valence-corrected chi connectivity index (χ1v) is 8.49. The number of ether oxygens (including phenoxy) is 1. The van der Waals surface area contributed by atoms with Gasteiger partial charge in [0.25, 0.3) is 0 Å². The van der Waals surface area contributed by atoms with Crippen molar-refractivity contribution < 1.29 is 18.8 Å². The van der Waals surface area contributed by atoms with Crippen molar-refractivity contribution in [3.63, 3.8) is 0 Å². The van der Waals surface area contributed by atoms with Crippen LogP contribution in [0.25, 0.3) is 0 Å². The molecule has 132 valence electrons. The number of carbonyl (C=O) groups excluding carboxylic acids is 1. The summed E-state index contributed by atoms with van der Waals surface area (Å²) in [6.07, 6.45) is 3.68. The van der Waals surface area contributed by atoms with E-state index in [1.165, 1.54) is 0 Å². The zero-order chi connectivity index (χ0) is 17.9. The first-order chi connectivity index (χ1) is 10.4. The Morgan fingerprint density at radius 2 is 1.74 bits per heavy atom. The van der Waals surface area contributed by atoms with Crippen LogP contribution >= 0.6 is 0 Å². The van der Waals surface area contributed by atoms with Crippen LogP contribution in [0.2, 0.25) is 5.82 Å². The van der Waals surface area contributed by atoms with Crippen LogP contribution in [0.4, 0.5) is 4.79 Å². The highest BCUT2D eigenvalue weighted by Gasteiger charge is 2.53. The fourth-order valence-electron chi connectivity index (χ4n) is 2.37. The molecule has 23 heavy (non-hydrogen) atoms. The molecule has 1 heterocycles. The van der Waals surface area contributed by atoms with Crippen molar-refractivity contribution in [3.05, 3.63) is 0 Å². The quantitative estimate of drug-likeness (QED) is 0.545. The number of aliphatic imine (C=N–C) groups is 1. The molecule has 0 aliphatic carbocycles. The molecule has 6 heteroatoms. The Morgan fingerprint density at radius 3 is 2.17 bits per heavy atom. The predicted octanol–water partition coefficient (Wildman–Crippen LogP) is 4.64. The van der Waals surface area contributed by atoms with Crippen molar-refractivity contribution in [3.8, 4) is 0 Å². The number of hydrogen-bond donors (Lipinski definition) is 0. The van der Waals surface area contributed by atoms with Crippen molar-refractivity contribution in [1.82, 2.24) is 0 Å². The summed E-state index contributed by atoms with van der Waals surface area (Å²) in [5, 5.41) is 0. The summed E-state index contributed by atoms with van der Waals surface area (Å²) in [5.74, 6) is 0.173. The molecule has 0 bridgehead atoms. The standard InChI is InChI=1S/C17H32BNO4/c1-9-10-13(11-12-19-14(20)21-15(2,3)4)18-22-16(5,6)17(7,8)23-18/h12-13H,9-11H2,1-8H3. The monoisotopic (exact) mass is 325 g/mol. The molecular formula is C17H32BNO4. The molecule has 0 aromatic heterocycles. The first kappa shape index (κ1) is 20.2. The van der Waals surface area contributed by atoms with Crippen molar-refractivity contribution in [2.75, 3.05) is 0 Å². The lowest BCUT2D eigenvalue weighted by Crippen LogP contribution is -2.41. The van der Waals surface area contributed by atoms with Gasteiger partial charge in [-0.1, -0.05) is 19.8 Å². The fraction of sp³-hybridized carbons (Fsp3) is 0.882. The average molecular weight is 325 g/mol. The molecule has 1 fully saturated rings. The molecule has 1 rings (SSSR count). The fourth-order valence-corrected chi connectivity index (χ4v) is 2.37. The summed E-state index contributed by atoms with van der Waals surface area (Å²) in [7, 11) is -0.273. The van der Waals surface area contributed by atoms with E-state index in [9.17, 15) is 4.79 Å². The van der Waals surface area contributed by atoms with Crippen LogP contribution in [0.5, 0.6) is 0 Å². The zero-order valence-corrected chi connectivity index (χ0v) is 15.9. The molecule has 0 spiro atoms. The van der Waals surface area contributed by atoms with Crippen molar-refractivity contribution >= 4 is 19.4 Å². The molecule has 0 saturated carbocycles. The van der Waals surface area contributed by atoms with Crippen LogP contribution in [0.15, 0.2) is 4.99 Å². The lowest BCUT2D eigenvalue weighted by Gasteiger charge is -2.32. The Labute approximate surface area is 141 Å². The summed E-state index contributed by atoms with van der Waals surface area (Å²) in [4.78, 5) is 15.5. The molecule has 0 aromatic rings. The van der Waals surface area contributed by atoms with E-state index >= 15 is 0 Å². The maximum Gasteiger partial charge on any atom is 0.461 e. The molecule has 1 atom stereocenters. The van der Waals surface area contributed by atoms with Crippen LogP contribution in [0.3, 0.4) is 0 Å². The molecule has 1 aliphatic rings. The third-order valence-electron chi connectivity index (χ3n) is 4.31. The van der Waals surface area contributed by atoms with E-state index in [0.29, 0.717) is 6.42 Å². The van der Waals surface area contributed by atoms with Gasteiger partial charge in [0.1, 0.15) is 5.60 Å². The van der Waals surface area contributed by atoms with Gasteiger partial charge in [0.2, 0.25) is 0 Å². The van der Waals surface area contributed by atoms with E-state index in [0.717, 1.165) is 12.8 Å². The van der Waals surface area contributed by atoms with Gasteiger partial charge in [-0.15, -0.1) is 0 Å². The Bertz CT molecular complexity index is 424. The number of nitrogens with zero attached hydrogens (tertiary/aromatic N) is 1. The van der Waals surface area contributed by atoms with Gasteiger partial charge in [0.15, 0.2) is 0 Å². The summed E-state index contributed by atoms with van der Waals surface area (Å²) in [5.41, 5.74) is -1.21. The molecule has 1 saturated heterocycles. The molecule has 0 aromatic carbocycles. The van der Waals surface area contributed by atoms with E-state index in [4.69, 9.17) is 14.0 Å². The predicted molar refractivity (Wildman–Crippen MR) is 94.1 cm³/mol. The Morgan fingerprint density at radius 1 is 1.22 bits per heavy atom. The van der Waals surface area contributed by atoms with Crippen molar-refractivity contribution in [2.24, 2.45) is 4.99 Å². The molecule has 0 N–H and O–H groups in total. The number of amides is 1. The summed E-state index contributed by atoms with van der Waals surface area (Å²) >= 11 is 0. The third kappa shape index (κ3) is 5.92. The van der Waals surface area contributed by atoms with Crippen LogP contribution in [-0.4, -0.2) is 36.2 Å². The van der Waals surface area contributed by atoms with E-state index in [1.54, 1.807) is 6.21 Å². The number of rotatable bonds is 5. The lowest BCUT2D eigenvalue weighted by molar-refractivity contribution is 0.00578. The van der Waals surface area contributed by atoms with Crippen molar-refractivity contribution in [1.29, 1.82) is 0 Å². The zero-order valence-electron chi connectivity index (χ0n) is 15.9. The maximum atomic E-state index is 11.6. The third-order valence-corrected chi connectivity index (χ3v) is 4.31. The highest BCUT2D eigenvalue weighted by molar-refractivity contribution is 6.47. The van der Waals surface area contributed by atoms with Gasteiger partial charge in [-0.05, 0) is 60.7 Å². The summed E-state index contributed by atoms with van der Waals surface area (Å²) in [6, 6.07) is 0. The second-order valence-electron chi connectivity index (χ2n) is 8.20. The van der Waals surface area contributed by atoms with Gasteiger partial charge in [-0.3, -0.25) is 0 Å².